The monoisotopic (exact) mass is 1130 g/mol. The van der Waals surface area contributed by atoms with Gasteiger partial charge in [-0.1, -0.05) is 295 Å². The molecule has 6 nitrogen and oxygen atoms in total. The summed E-state index contributed by atoms with van der Waals surface area (Å²) in [4.78, 5) is 38.1. The third-order valence-corrected chi connectivity index (χ3v) is 14.1. The number of rotatable bonds is 60. The number of unbranched alkanes of at least 4 members (excludes halogenated alkanes) is 25. The van der Waals surface area contributed by atoms with Crippen molar-refractivity contribution in [2.45, 2.75) is 303 Å². The van der Waals surface area contributed by atoms with Crippen molar-refractivity contribution in [3.63, 3.8) is 0 Å². The Hall–Kier alpha value is -4.71. The number of hydrogen-bond donors (Lipinski definition) is 0. The summed E-state index contributed by atoms with van der Waals surface area (Å²) in [5.41, 5.74) is 0. The normalized spacial score (nSPS) is 13.1. The molecule has 1 unspecified atom stereocenters. The van der Waals surface area contributed by atoms with Gasteiger partial charge in [0.2, 0.25) is 0 Å². The van der Waals surface area contributed by atoms with E-state index in [0.29, 0.717) is 19.3 Å². The Bertz CT molecular complexity index is 1780. The van der Waals surface area contributed by atoms with Crippen molar-refractivity contribution in [1.29, 1.82) is 0 Å². The van der Waals surface area contributed by atoms with E-state index in [0.717, 1.165) is 141 Å². The van der Waals surface area contributed by atoms with Crippen molar-refractivity contribution in [3.8, 4) is 0 Å². The molecule has 0 radical (unpaired) electrons. The van der Waals surface area contributed by atoms with E-state index in [1.165, 1.54) is 116 Å². The molecule has 464 valence electrons. The van der Waals surface area contributed by atoms with E-state index >= 15 is 0 Å². The molecular weight excluding hydrogens is 1010 g/mol. The molecule has 0 saturated heterocycles. The van der Waals surface area contributed by atoms with Gasteiger partial charge in [-0.25, -0.2) is 0 Å². The number of ether oxygens (including phenoxy) is 3. The summed E-state index contributed by atoms with van der Waals surface area (Å²) in [6.07, 6.45) is 98.9. The van der Waals surface area contributed by atoms with Crippen LogP contribution in [0.1, 0.15) is 297 Å². The molecule has 0 aliphatic heterocycles. The molecule has 0 saturated carbocycles. The minimum absolute atomic E-state index is 0.0876. The zero-order chi connectivity index (χ0) is 59.2. The van der Waals surface area contributed by atoms with Crippen LogP contribution in [0.4, 0.5) is 0 Å². The highest BCUT2D eigenvalue weighted by atomic mass is 16.6. The Labute approximate surface area is 506 Å². The SMILES string of the molecule is CC/C=C\C/C=C\C/C=C\C/C=C\C/C=C\C/C=C\C/C=C\C/C=C\C/C=C\CCCCCCCCCC(=O)OCC(COC(=O)CCCCCCCC)OC(=O)CCCCCCCCCC/C=C\C/C=C\C/C=C\CCCCCCC. The summed E-state index contributed by atoms with van der Waals surface area (Å²) in [6.45, 7) is 6.44. The van der Waals surface area contributed by atoms with E-state index in [-0.39, 0.29) is 31.1 Å². The minimum Gasteiger partial charge on any atom is -0.462 e. The highest BCUT2D eigenvalue weighted by molar-refractivity contribution is 5.71. The number of esters is 3. The summed E-state index contributed by atoms with van der Waals surface area (Å²) in [5, 5.41) is 0. The largest absolute Gasteiger partial charge is 0.462 e. The summed E-state index contributed by atoms with van der Waals surface area (Å²) in [5.74, 6) is -0.915. The molecule has 0 aromatic carbocycles. The van der Waals surface area contributed by atoms with Crippen LogP contribution in [0.15, 0.2) is 146 Å². The lowest BCUT2D eigenvalue weighted by molar-refractivity contribution is -0.167. The predicted octanol–water partition coefficient (Wildman–Crippen LogP) is 23.5. The van der Waals surface area contributed by atoms with Gasteiger partial charge in [-0.05, 0) is 128 Å². The fourth-order valence-corrected chi connectivity index (χ4v) is 9.03. The predicted molar refractivity (Wildman–Crippen MR) is 357 cm³/mol. The van der Waals surface area contributed by atoms with E-state index < -0.39 is 6.10 Å². The fraction of sp³-hybridized carbons (Fsp3) is 0.645. The molecule has 0 fully saturated rings. The number of carbonyl (C=O) groups excluding carboxylic acids is 3. The molecular formula is C76H124O6. The molecule has 0 heterocycles. The van der Waals surface area contributed by atoms with E-state index in [1.54, 1.807) is 0 Å². The van der Waals surface area contributed by atoms with E-state index in [9.17, 15) is 14.4 Å². The lowest BCUT2D eigenvalue weighted by Gasteiger charge is -2.18. The van der Waals surface area contributed by atoms with E-state index in [4.69, 9.17) is 14.2 Å². The molecule has 0 aromatic rings. The molecule has 0 bridgehead atoms. The molecule has 0 N–H and O–H groups in total. The van der Waals surface area contributed by atoms with Crippen molar-refractivity contribution in [2.75, 3.05) is 13.2 Å². The highest BCUT2D eigenvalue weighted by Gasteiger charge is 2.19. The van der Waals surface area contributed by atoms with Crippen LogP contribution < -0.4 is 0 Å². The third-order valence-electron chi connectivity index (χ3n) is 14.1. The first-order valence-electron chi connectivity index (χ1n) is 33.8. The lowest BCUT2D eigenvalue weighted by Crippen LogP contribution is -2.30. The maximum absolute atomic E-state index is 12.9. The molecule has 1 atom stereocenters. The van der Waals surface area contributed by atoms with Crippen molar-refractivity contribution in [2.24, 2.45) is 0 Å². The van der Waals surface area contributed by atoms with Crippen LogP contribution in [-0.2, 0) is 28.6 Å². The maximum atomic E-state index is 12.9. The van der Waals surface area contributed by atoms with Crippen molar-refractivity contribution in [1.82, 2.24) is 0 Å². The van der Waals surface area contributed by atoms with Gasteiger partial charge in [-0.3, -0.25) is 14.4 Å². The minimum atomic E-state index is -0.789. The smallest absolute Gasteiger partial charge is 0.306 e. The van der Waals surface area contributed by atoms with Crippen LogP contribution in [-0.4, -0.2) is 37.2 Å². The fourth-order valence-electron chi connectivity index (χ4n) is 9.03. The summed E-state index contributed by atoms with van der Waals surface area (Å²) >= 11 is 0. The molecule has 82 heavy (non-hydrogen) atoms. The topological polar surface area (TPSA) is 78.9 Å². The summed E-state index contributed by atoms with van der Waals surface area (Å²) in [7, 11) is 0. The average molecular weight is 1130 g/mol. The molecule has 0 aliphatic carbocycles. The Kier molecular flexibility index (Phi) is 64.8. The quantitative estimate of drug-likeness (QED) is 0.0261. The van der Waals surface area contributed by atoms with Crippen LogP contribution in [0, 0.1) is 0 Å². The highest BCUT2D eigenvalue weighted by Crippen LogP contribution is 2.15. The second-order valence-corrected chi connectivity index (χ2v) is 22.0. The van der Waals surface area contributed by atoms with Gasteiger partial charge in [-0.15, -0.1) is 0 Å². The van der Waals surface area contributed by atoms with E-state index in [2.05, 4.69) is 167 Å². The zero-order valence-electron chi connectivity index (χ0n) is 53.2. The van der Waals surface area contributed by atoms with Gasteiger partial charge in [0.15, 0.2) is 6.10 Å². The van der Waals surface area contributed by atoms with Gasteiger partial charge in [-0.2, -0.15) is 0 Å². The van der Waals surface area contributed by atoms with Crippen LogP contribution in [0.5, 0.6) is 0 Å². The van der Waals surface area contributed by atoms with Crippen molar-refractivity contribution in [3.05, 3.63) is 146 Å². The first kappa shape index (κ1) is 77.3. The van der Waals surface area contributed by atoms with Gasteiger partial charge >= 0.3 is 17.9 Å². The van der Waals surface area contributed by atoms with Gasteiger partial charge in [0.05, 0.1) is 0 Å². The Balaban J connectivity index is 4.14. The maximum Gasteiger partial charge on any atom is 0.306 e. The van der Waals surface area contributed by atoms with Crippen LogP contribution in [0.3, 0.4) is 0 Å². The molecule has 0 rings (SSSR count). The Morgan fingerprint density at radius 3 is 0.744 bits per heavy atom. The average Bonchev–Trinajstić information content (AvgIpc) is 3.47. The molecule has 6 heteroatoms. The second kappa shape index (κ2) is 68.8. The van der Waals surface area contributed by atoms with Gasteiger partial charge in [0, 0.05) is 19.3 Å². The first-order valence-corrected chi connectivity index (χ1v) is 33.8. The van der Waals surface area contributed by atoms with Gasteiger partial charge < -0.3 is 14.2 Å². The standard InChI is InChI=1S/C76H124O6/c1-4-7-10-13-16-18-20-22-24-26-28-30-32-33-34-35-36-37-38-39-40-41-42-43-45-46-48-50-52-54-56-58-60-63-66-69-75(78)81-72-73(71-80-74(77)68-65-62-15-12-9-6-3)82-76(79)70-67-64-61-59-57-55-53-51-49-47-44-31-29-27-25-23-21-19-17-14-11-8-5-2/h7,10,16,18,21-24,27-30,33-34,36-37,39-40,42-44,46-48,73H,4-6,8-9,11-15,17,19-20,25-26,31-32,35,38,41,45,49-72H2,1-3H3/b10-7-,18-16-,23-21-,24-22-,29-27-,30-28-,34-33-,37-36-,40-39-,43-42-,47-44-,48-46-. The Morgan fingerprint density at radius 1 is 0.256 bits per heavy atom. The third kappa shape index (κ3) is 66.1. The summed E-state index contributed by atoms with van der Waals surface area (Å²) in [6, 6.07) is 0. The van der Waals surface area contributed by atoms with Crippen LogP contribution >= 0.6 is 0 Å². The molecule has 0 spiro atoms. The zero-order valence-corrected chi connectivity index (χ0v) is 53.2. The van der Waals surface area contributed by atoms with Crippen molar-refractivity contribution >= 4 is 17.9 Å². The Morgan fingerprint density at radius 2 is 0.476 bits per heavy atom. The molecule has 0 aliphatic rings. The lowest BCUT2D eigenvalue weighted by atomic mass is 10.1. The number of allylic oxidation sites excluding steroid dienone is 24. The van der Waals surface area contributed by atoms with Crippen molar-refractivity contribution < 1.29 is 28.6 Å². The van der Waals surface area contributed by atoms with Crippen LogP contribution in [0.25, 0.3) is 0 Å². The van der Waals surface area contributed by atoms with E-state index in [1.807, 2.05) is 0 Å². The number of hydrogen-bond acceptors (Lipinski definition) is 6. The van der Waals surface area contributed by atoms with Gasteiger partial charge in [0.25, 0.3) is 0 Å². The first-order chi connectivity index (χ1) is 40.5. The van der Waals surface area contributed by atoms with Crippen LogP contribution in [0.2, 0.25) is 0 Å². The summed E-state index contributed by atoms with van der Waals surface area (Å²) < 4.78 is 16.8. The molecule has 0 amide bonds. The molecule has 0 aromatic heterocycles. The second-order valence-electron chi connectivity index (χ2n) is 22.0. The number of carbonyl (C=O) groups is 3. The van der Waals surface area contributed by atoms with Gasteiger partial charge in [0.1, 0.15) is 13.2 Å².